The Morgan fingerprint density at radius 3 is 3.21 bits per heavy atom. The van der Waals surface area contributed by atoms with Crippen molar-refractivity contribution in [1.29, 1.82) is 0 Å². The molecule has 2 atom stereocenters. The van der Waals surface area contributed by atoms with Gasteiger partial charge in [-0.2, -0.15) is 11.3 Å². The van der Waals surface area contributed by atoms with E-state index in [1.807, 2.05) is 16.8 Å². The summed E-state index contributed by atoms with van der Waals surface area (Å²) in [4.78, 5) is 25.9. The maximum absolute atomic E-state index is 12.3. The number of amides is 2. The van der Waals surface area contributed by atoms with Gasteiger partial charge >= 0.3 is 0 Å². The number of carbonyl (C=O) groups excluding carboxylic acids is 2. The third-order valence-electron chi connectivity index (χ3n) is 3.68. The Morgan fingerprint density at radius 1 is 1.53 bits per heavy atom. The number of piperidine rings is 1. The summed E-state index contributed by atoms with van der Waals surface area (Å²) in [6.45, 7) is 2.21. The first-order valence-corrected chi connectivity index (χ1v) is 7.41. The van der Waals surface area contributed by atoms with Crippen LogP contribution >= 0.6 is 11.3 Å². The topological polar surface area (TPSA) is 58.6 Å². The van der Waals surface area contributed by atoms with Crippen molar-refractivity contribution in [3.05, 3.63) is 22.4 Å². The molecule has 0 aromatic carbocycles. The highest BCUT2D eigenvalue weighted by Crippen LogP contribution is 2.24. The molecule has 2 saturated heterocycles. The standard InChI is InChI=1S/C13H16N2O3S/c16-12-10-1-4-15(7-11(10)18-5-3-14-12)13(17)9-2-6-19-8-9/h2,6,8,10-11H,1,3-5,7H2,(H,14,16)/t10-,11+/m1/s1. The van der Waals surface area contributed by atoms with E-state index in [0.29, 0.717) is 32.7 Å². The fourth-order valence-corrected chi connectivity index (χ4v) is 3.28. The van der Waals surface area contributed by atoms with Crippen LogP contribution in [-0.2, 0) is 9.53 Å². The van der Waals surface area contributed by atoms with Gasteiger partial charge < -0.3 is 15.0 Å². The number of likely N-dealkylation sites (tertiary alicyclic amines) is 1. The first-order chi connectivity index (χ1) is 9.25. The molecule has 0 radical (unpaired) electrons. The van der Waals surface area contributed by atoms with Crippen molar-refractivity contribution in [2.45, 2.75) is 12.5 Å². The summed E-state index contributed by atoms with van der Waals surface area (Å²) in [6, 6.07) is 1.83. The molecular formula is C13H16N2O3S. The Bertz CT molecular complexity index is 474. The average Bonchev–Trinajstić information content (AvgIpc) is 2.90. The molecule has 0 spiro atoms. The molecule has 2 fully saturated rings. The van der Waals surface area contributed by atoms with E-state index in [1.54, 1.807) is 4.90 Å². The Balaban J connectivity index is 1.71. The molecular weight excluding hydrogens is 264 g/mol. The maximum Gasteiger partial charge on any atom is 0.254 e. The van der Waals surface area contributed by atoms with Crippen LogP contribution in [0.15, 0.2) is 16.8 Å². The van der Waals surface area contributed by atoms with Crippen molar-refractivity contribution in [1.82, 2.24) is 10.2 Å². The summed E-state index contributed by atoms with van der Waals surface area (Å²) in [5.74, 6) is -0.0212. The highest BCUT2D eigenvalue weighted by atomic mass is 32.1. The normalized spacial score (nSPS) is 27.4. The van der Waals surface area contributed by atoms with Gasteiger partial charge in [0.15, 0.2) is 0 Å². The van der Waals surface area contributed by atoms with Crippen LogP contribution in [0.5, 0.6) is 0 Å². The predicted octanol–water partition coefficient (Wildman–Crippen LogP) is 0.725. The zero-order valence-electron chi connectivity index (χ0n) is 10.5. The quantitative estimate of drug-likeness (QED) is 0.825. The Labute approximate surface area is 115 Å². The number of fused-ring (bicyclic) bond motifs is 1. The minimum atomic E-state index is -0.168. The van der Waals surface area contributed by atoms with Crippen LogP contribution in [0.3, 0.4) is 0 Å². The van der Waals surface area contributed by atoms with E-state index in [0.717, 1.165) is 5.56 Å². The van der Waals surface area contributed by atoms with E-state index < -0.39 is 0 Å². The van der Waals surface area contributed by atoms with Crippen molar-refractivity contribution in [3.63, 3.8) is 0 Å². The van der Waals surface area contributed by atoms with E-state index >= 15 is 0 Å². The van der Waals surface area contributed by atoms with E-state index in [9.17, 15) is 9.59 Å². The van der Waals surface area contributed by atoms with Crippen molar-refractivity contribution < 1.29 is 14.3 Å². The summed E-state index contributed by atoms with van der Waals surface area (Å²) in [6.07, 6.45) is 0.505. The molecule has 2 aliphatic rings. The molecule has 3 rings (SSSR count). The number of nitrogens with zero attached hydrogens (tertiary/aromatic N) is 1. The monoisotopic (exact) mass is 280 g/mol. The zero-order chi connectivity index (χ0) is 13.2. The van der Waals surface area contributed by atoms with Crippen molar-refractivity contribution in [3.8, 4) is 0 Å². The van der Waals surface area contributed by atoms with Gasteiger partial charge in [0.25, 0.3) is 5.91 Å². The minimum Gasteiger partial charge on any atom is -0.374 e. The van der Waals surface area contributed by atoms with Gasteiger partial charge in [0.1, 0.15) is 0 Å². The molecule has 0 saturated carbocycles. The number of nitrogens with one attached hydrogen (secondary N) is 1. The first kappa shape index (κ1) is 12.6. The van der Waals surface area contributed by atoms with Gasteiger partial charge in [-0.1, -0.05) is 0 Å². The van der Waals surface area contributed by atoms with Crippen LogP contribution in [0.2, 0.25) is 0 Å². The summed E-state index contributed by atoms with van der Waals surface area (Å²) in [5, 5.41) is 6.60. The smallest absolute Gasteiger partial charge is 0.254 e. The number of thiophene rings is 1. The summed E-state index contributed by atoms with van der Waals surface area (Å²) >= 11 is 1.52. The molecule has 1 N–H and O–H groups in total. The second kappa shape index (κ2) is 5.30. The second-order valence-corrected chi connectivity index (χ2v) is 5.64. The number of hydrogen-bond acceptors (Lipinski definition) is 4. The molecule has 2 aliphatic heterocycles. The maximum atomic E-state index is 12.3. The molecule has 2 amide bonds. The lowest BCUT2D eigenvalue weighted by atomic mass is 9.92. The molecule has 3 heterocycles. The van der Waals surface area contributed by atoms with Gasteiger partial charge in [-0.25, -0.2) is 0 Å². The molecule has 19 heavy (non-hydrogen) atoms. The van der Waals surface area contributed by atoms with Crippen LogP contribution in [0.4, 0.5) is 0 Å². The minimum absolute atomic E-state index is 0.0351. The van der Waals surface area contributed by atoms with Crippen molar-refractivity contribution >= 4 is 23.2 Å². The van der Waals surface area contributed by atoms with Crippen LogP contribution in [0.25, 0.3) is 0 Å². The lowest BCUT2D eigenvalue weighted by Crippen LogP contribution is -2.50. The van der Waals surface area contributed by atoms with Crippen molar-refractivity contribution in [2.24, 2.45) is 5.92 Å². The summed E-state index contributed by atoms with van der Waals surface area (Å²) in [5.41, 5.74) is 0.724. The summed E-state index contributed by atoms with van der Waals surface area (Å²) in [7, 11) is 0. The Kier molecular flexibility index (Phi) is 3.52. The lowest BCUT2D eigenvalue weighted by molar-refractivity contribution is -0.129. The molecule has 0 aliphatic carbocycles. The third-order valence-corrected chi connectivity index (χ3v) is 4.37. The van der Waals surface area contributed by atoms with Gasteiger partial charge in [-0.05, 0) is 17.9 Å². The fourth-order valence-electron chi connectivity index (χ4n) is 2.65. The van der Waals surface area contributed by atoms with Gasteiger partial charge in [0, 0.05) is 25.0 Å². The number of hydrogen-bond donors (Lipinski definition) is 1. The molecule has 5 nitrogen and oxygen atoms in total. The average molecular weight is 280 g/mol. The van der Waals surface area contributed by atoms with Gasteiger partial charge in [0.2, 0.25) is 5.91 Å². The molecule has 0 bridgehead atoms. The first-order valence-electron chi connectivity index (χ1n) is 6.46. The highest BCUT2D eigenvalue weighted by Gasteiger charge is 2.37. The lowest BCUT2D eigenvalue weighted by Gasteiger charge is -2.36. The zero-order valence-corrected chi connectivity index (χ0v) is 11.3. The van der Waals surface area contributed by atoms with Crippen LogP contribution in [0, 0.1) is 5.92 Å². The van der Waals surface area contributed by atoms with Crippen LogP contribution in [-0.4, -0.2) is 49.1 Å². The van der Waals surface area contributed by atoms with E-state index in [-0.39, 0.29) is 23.8 Å². The van der Waals surface area contributed by atoms with Gasteiger partial charge in [0.05, 0.1) is 24.2 Å². The number of ether oxygens (including phenoxy) is 1. The van der Waals surface area contributed by atoms with Crippen LogP contribution in [0.1, 0.15) is 16.8 Å². The largest absolute Gasteiger partial charge is 0.374 e. The van der Waals surface area contributed by atoms with Gasteiger partial charge in [-0.3, -0.25) is 9.59 Å². The van der Waals surface area contributed by atoms with E-state index in [4.69, 9.17) is 4.74 Å². The Morgan fingerprint density at radius 2 is 2.42 bits per heavy atom. The van der Waals surface area contributed by atoms with Gasteiger partial charge in [-0.15, -0.1) is 0 Å². The molecule has 0 unspecified atom stereocenters. The highest BCUT2D eigenvalue weighted by molar-refractivity contribution is 7.08. The van der Waals surface area contributed by atoms with E-state index in [2.05, 4.69) is 5.32 Å². The molecule has 1 aromatic heterocycles. The molecule has 1 aromatic rings. The molecule has 102 valence electrons. The van der Waals surface area contributed by atoms with Crippen molar-refractivity contribution in [2.75, 3.05) is 26.2 Å². The third kappa shape index (κ3) is 2.50. The molecule has 6 heteroatoms. The number of carbonyl (C=O) groups is 2. The van der Waals surface area contributed by atoms with E-state index in [1.165, 1.54) is 11.3 Å². The predicted molar refractivity (Wildman–Crippen MR) is 71.1 cm³/mol. The number of rotatable bonds is 1. The Hall–Kier alpha value is -1.40. The van der Waals surface area contributed by atoms with Crippen LogP contribution < -0.4 is 5.32 Å². The second-order valence-electron chi connectivity index (χ2n) is 4.86. The SMILES string of the molecule is O=C1NCCO[C@H]2CN(C(=O)c3ccsc3)CC[C@@H]12. The summed E-state index contributed by atoms with van der Waals surface area (Å²) < 4.78 is 5.70. The fraction of sp³-hybridized carbons (Fsp3) is 0.538.